The number of H-pyrrole nitrogens is 1. The molecule has 4 heterocycles. The van der Waals surface area contributed by atoms with E-state index in [0.29, 0.717) is 46.2 Å². The van der Waals surface area contributed by atoms with Crippen LogP contribution in [-0.2, 0) is 11.8 Å². The van der Waals surface area contributed by atoms with Crippen LogP contribution in [0.2, 0.25) is 0 Å². The molecule has 2 aliphatic rings. The predicted octanol–water partition coefficient (Wildman–Crippen LogP) is 6.10. The summed E-state index contributed by atoms with van der Waals surface area (Å²) in [6, 6.07) is 14.8. The van der Waals surface area contributed by atoms with Gasteiger partial charge >= 0.3 is 0 Å². The third-order valence-corrected chi connectivity index (χ3v) is 8.34. The van der Waals surface area contributed by atoms with Gasteiger partial charge in [0.15, 0.2) is 11.5 Å². The minimum atomic E-state index is -0.279. The number of hydrogen-bond acceptors (Lipinski definition) is 6. The molecular formula is C35H38N6O5. The number of carbonyl (C=O) groups excluding carboxylic acids is 3. The molecule has 11 nitrogen and oxygen atoms in total. The zero-order chi connectivity index (χ0) is 32.2. The van der Waals surface area contributed by atoms with Crippen LogP contribution in [0.4, 0.5) is 17.1 Å². The molecule has 3 amide bonds. The first-order valence-corrected chi connectivity index (χ1v) is 15.5. The molecule has 6 rings (SSSR count). The Labute approximate surface area is 267 Å². The first-order chi connectivity index (χ1) is 22.3. The van der Waals surface area contributed by atoms with Crippen molar-refractivity contribution in [2.24, 2.45) is 12.0 Å². The fourth-order valence-electron chi connectivity index (χ4n) is 5.90. The van der Waals surface area contributed by atoms with Crippen molar-refractivity contribution in [3.8, 4) is 22.6 Å². The molecule has 3 N–H and O–H groups in total. The van der Waals surface area contributed by atoms with Crippen LogP contribution in [0, 0.1) is 6.92 Å². The quantitative estimate of drug-likeness (QED) is 0.184. The van der Waals surface area contributed by atoms with Crippen LogP contribution >= 0.6 is 0 Å². The van der Waals surface area contributed by atoms with E-state index in [1.54, 1.807) is 36.0 Å². The number of methoxy groups -OCH3 is 1. The molecule has 1 atom stereocenters. The largest absolute Gasteiger partial charge is 0.493 e. The Balaban J connectivity index is 1.01. The number of aryl methyl sites for hydroxylation is 2. The molecule has 4 aromatic rings. The number of carbonyl (C=O) groups is 3. The molecule has 2 aromatic carbocycles. The third-order valence-electron chi connectivity index (χ3n) is 8.34. The fraction of sp³-hybridized carbons (Fsp3) is 0.314. The summed E-state index contributed by atoms with van der Waals surface area (Å²) in [6.45, 7) is 2.99. The monoisotopic (exact) mass is 622 g/mol. The summed E-state index contributed by atoms with van der Waals surface area (Å²) in [4.78, 5) is 48.5. The summed E-state index contributed by atoms with van der Waals surface area (Å²) < 4.78 is 13.2. The number of aliphatic imine (C=N–C) groups is 1. The Bertz CT molecular complexity index is 1790. The van der Waals surface area contributed by atoms with E-state index in [-0.39, 0.29) is 36.8 Å². The molecule has 1 fully saturated rings. The number of ether oxygens (including phenoxy) is 2. The van der Waals surface area contributed by atoms with Crippen LogP contribution in [-0.4, -0.2) is 64.7 Å². The summed E-state index contributed by atoms with van der Waals surface area (Å²) in [5.74, 6) is 0.400. The molecule has 238 valence electrons. The number of aromatic amines is 1. The average Bonchev–Trinajstić information content (AvgIpc) is 3.63. The lowest BCUT2D eigenvalue weighted by molar-refractivity contribution is -0.116. The highest BCUT2D eigenvalue weighted by molar-refractivity contribution is 6.05. The van der Waals surface area contributed by atoms with Crippen molar-refractivity contribution in [2.75, 3.05) is 30.9 Å². The van der Waals surface area contributed by atoms with E-state index in [0.717, 1.165) is 42.6 Å². The number of aromatic nitrogens is 2. The number of anilines is 2. The minimum absolute atomic E-state index is 0.00912. The molecule has 0 bridgehead atoms. The molecule has 46 heavy (non-hydrogen) atoms. The maximum atomic E-state index is 13.2. The summed E-state index contributed by atoms with van der Waals surface area (Å²) in [6.07, 6.45) is 9.14. The van der Waals surface area contributed by atoms with Crippen LogP contribution in [0.15, 0.2) is 65.9 Å². The van der Waals surface area contributed by atoms with Crippen LogP contribution in [0.1, 0.15) is 58.6 Å². The number of nitrogens with one attached hydrogen (secondary N) is 3. The zero-order valence-corrected chi connectivity index (χ0v) is 26.3. The molecule has 1 saturated heterocycles. The number of nitrogens with zero attached hydrogens (tertiary/aromatic N) is 3. The van der Waals surface area contributed by atoms with E-state index < -0.39 is 0 Å². The van der Waals surface area contributed by atoms with Gasteiger partial charge < -0.3 is 34.6 Å². The number of piperidine rings is 1. The fourth-order valence-corrected chi connectivity index (χ4v) is 5.90. The van der Waals surface area contributed by atoms with E-state index in [2.05, 4.69) is 26.7 Å². The van der Waals surface area contributed by atoms with Crippen molar-refractivity contribution in [3.63, 3.8) is 0 Å². The SMILES string of the molecule is COc1cc2c(cc1OCCCC(=O)Nc1cc(C(=O)Nc3ccc(-c4c[nH]c(C)c4)cc3)n(C)c1)N=C[C@@H]1CCCCN1C2=O. The highest BCUT2D eigenvalue weighted by atomic mass is 16.5. The van der Waals surface area contributed by atoms with Gasteiger partial charge in [-0.15, -0.1) is 0 Å². The van der Waals surface area contributed by atoms with Gasteiger partial charge in [-0.1, -0.05) is 12.1 Å². The van der Waals surface area contributed by atoms with Crippen molar-refractivity contribution in [1.29, 1.82) is 0 Å². The van der Waals surface area contributed by atoms with Gasteiger partial charge in [-0.3, -0.25) is 19.4 Å². The Morgan fingerprint density at radius 1 is 1.02 bits per heavy atom. The van der Waals surface area contributed by atoms with Gasteiger partial charge in [0.1, 0.15) is 5.69 Å². The molecule has 0 radical (unpaired) electrons. The van der Waals surface area contributed by atoms with Crippen molar-refractivity contribution in [1.82, 2.24) is 14.5 Å². The maximum absolute atomic E-state index is 13.2. The first kappa shape index (κ1) is 30.7. The normalized spacial score (nSPS) is 15.5. The molecule has 2 aromatic heterocycles. The van der Waals surface area contributed by atoms with E-state index >= 15 is 0 Å². The summed E-state index contributed by atoms with van der Waals surface area (Å²) in [7, 11) is 3.29. The number of fused-ring (bicyclic) bond motifs is 2. The van der Waals surface area contributed by atoms with Crippen molar-refractivity contribution < 1.29 is 23.9 Å². The molecule has 0 saturated carbocycles. The third kappa shape index (κ3) is 6.68. The maximum Gasteiger partial charge on any atom is 0.272 e. The standard InChI is InChI=1S/C35H38N6O5/c1-22-15-24(19-36-22)23-9-11-25(12-10-23)39-34(43)30-16-26(21-40(30)2)38-33(42)8-6-14-46-32-18-29-28(17-31(32)45-3)35(44)41-13-5-4-7-27(41)20-37-29/h9-12,15-21,27,36H,4-8,13-14H2,1-3H3,(H,38,42)(H,39,43)/t27-/m0/s1. The van der Waals surface area contributed by atoms with E-state index in [1.807, 2.05) is 48.5 Å². The second kappa shape index (κ2) is 13.4. The van der Waals surface area contributed by atoms with Gasteiger partial charge in [0.25, 0.3) is 11.8 Å². The minimum Gasteiger partial charge on any atom is -0.493 e. The number of benzene rings is 2. The highest BCUT2D eigenvalue weighted by Gasteiger charge is 2.31. The molecule has 2 aliphatic heterocycles. The lowest BCUT2D eigenvalue weighted by Gasteiger charge is -2.32. The Hall–Kier alpha value is -5.32. The van der Waals surface area contributed by atoms with Crippen LogP contribution in [0.25, 0.3) is 11.1 Å². The predicted molar refractivity (Wildman–Crippen MR) is 178 cm³/mol. The zero-order valence-electron chi connectivity index (χ0n) is 26.3. The van der Waals surface area contributed by atoms with Crippen LogP contribution < -0.4 is 20.1 Å². The van der Waals surface area contributed by atoms with Gasteiger partial charge in [0.05, 0.1) is 36.7 Å². The summed E-state index contributed by atoms with van der Waals surface area (Å²) in [5, 5.41) is 5.78. The molecule has 11 heteroatoms. The topological polar surface area (TPSA) is 130 Å². The van der Waals surface area contributed by atoms with Gasteiger partial charge in [0.2, 0.25) is 5.91 Å². The molecule has 0 spiro atoms. The average molecular weight is 623 g/mol. The Kier molecular flexibility index (Phi) is 8.91. The second-order valence-corrected chi connectivity index (χ2v) is 11.7. The highest BCUT2D eigenvalue weighted by Crippen LogP contribution is 2.38. The first-order valence-electron chi connectivity index (χ1n) is 15.5. The van der Waals surface area contributed by atoms with Gasteiger partial charge in [-0.2, -0.15) is 0 Å². The van der Waals surface area contributed by atoms with E-state index in [1.165, 1.54) is 7.11 Å². The van der Waals surface area contributed by atoms with E-state index in [4.69, 9.17) is 9.47 Å². The molecule has 0 aliphatic carbocycles. The van der Waals surface area contributed by atoms with Crippen molar-refractivity contribution in [3.05, 3.63) is 77.9 Å². The number of rotatable bonds is 10. The molecular weight excluding hydrogens is 584 g/mol. The van der Waals surface area contributed by atoms with Crippen molar-refractivity contribution >= 4 is 41.0 Å². The lowest BCUT2D eigenvalue weighted by atomic mass is 10.0. The van der Waals surface area contributed by atoms with E-state index in [9.17, 15) is 14.4 Å². The van der Waals surface area contributed by atoms with Gasteiger partial charge in [0, 0.05) is 56.1 Å². The smallest absolute Gasteiger partial charge is 0.272 e. The van der Waals surface area contributed by atoms with Crippen LogP contribution in [0.5, 0.6) is 11.5 Å². The Morgan fingerprint density at radius 2 is 1.85 bits per heavy atom. The number of hydrogen-bond donors (Lipinski definition) is 3. The Morgan fingerprint density at radius 3 is 2.61 bits per heavy atom. The summed E-state index contributed by atoms with van der Waals surface area (Å²) >= 11 is 0. The summed E-state index contributed by atoms with van der Waals surface area (Å²) in [5.41, 5.74) is 5.89. The number of amides is 3. The van der Waals surface area contributed by atoms with Crippen molar-refractivity contribution in [2.45, 2.75) is 45.1 Å². The van der Waals surface area contributed by atoms with Gasteiger partial charge in [-0.25, -0.2) is 0 Å². The van der Waals surface area contributed by atoms with Gasteiger partial charge in [-0.05, 0) is 74.1 Å². The van der Waals surface area contributed by atoms with Crippen LogP contribution in [0.3, 0.4) is 0 Å². The molecule has 0 unspecified atom stereocenters. The lowest BCUT2D eigenvalue weighted by Crippen LogP contribution is -2.43. The second-order valence-electron chi connectivity index (χ2n) is 11.7.